The molecule has 0 spiro atoms. The molecule has 0 amide bonds. The number of aromatic carboxylic acids is 1. The van der Waals surface area contributed by atoms with E-state index in [4.69, 9.17) is 5.11 Å². The Hall–Kier alpha value is -0.269. The summed E-state index contributed by atoms with van der Waals surface area (Å²) in [6, 6.07) is 5.98. The number of carboxylic acid groups (broad SMARTS) is 1. The molecule has 0 aliphatic carbocycles. The van der Waals surface area contributed by atoms with Crippen LogP contribution in [0.15, 0.2) is 24.3 Å². The van der Waals surface area contributed by atoms with Crippen molar-refractivity contribution in [2.24, 2.45) is 0 Å². The second-order valence-electron chi connectivity index (χ2n) is 2.39. The molecule has 0 saturated heterocycles. The smallest absolute Gasteiger partial charge is 1.00 e. The summed E-state index contributed by atoms with van der Waals surface area (Å²) in [7, 11) is 0. The summed E-state index contributed by atoms with van der Waals surface area (Å²) < 4.78 is 4.69. The van der Waals surface area contributed by atoms with Crippen molar-refractivity contribution in [3.63, 3.8) is 0 Å². The van der Waals surface area contributed by atoms with Crippen molar-refractivity contribution in [3.8, 4) is 5.75 Å². The molecule has 0 aromatic heterocycles. The molecule has 0 saturated carbocycles. The molecule has 0 fully saturated rings. The Morgan fingerprint density at radius 1 is 1.36 bits per heavy atom. The van der Waals surface area contributed by atoms with Gasteiger partial charge in [-0.2, -0.15) is 0 Å². The summed E-state index contributed by atoms with van der Waals surface area (Å²) in [6.45, 7) is 1.22. The van der Waals surface area contributed by atoms with Crippen LogP contribution in [0.2, 0.25) is 0 Å². The second kappa shape index (κ2) is 6.26. The molecule has 0 bridgehead atoms. The summed E-state index contributed by atoms with van der Waals surface area (Å²) in [5.74, 6) is -1.58. The standard InChI is InChI=1S/C9H8O4.Ba.2H/c1-6(10)13-8-5-3-2-4-7(8)9(11)12;;;/h2-5H,1H3,(H,11,12);;;/q;+2;2*-1. The summed E-state index contributed by atoms with van der Waals surface area (Å²) in [4.78, 5) is 21.2. The van der Waals surface area contributed by atoms with Crippen LogP contribution in [-0.2, 0) is 4.79 Å². The van der Waals surface area contributed by atoms with Gasteiger partial charge in [-0.3, -0.25) is 4.79 Å². The quantitative estimate of drug-likeness (QED) is 0.505. The molecule has 72 valence electrons. The first kappa shape index (κ1) is 13.7. The van der Waals surface area contributed by atoms with E-state index in [1.165, 1.54) is 19.1 Å². The fourth-order valence-electron chi connectivity index (χ4n) is 0.887. The van der Waals surface area contributed by atoms with E-state index in [9.17, 15) is 9.59 Å². The van der Waals surface area contributed by atoms with Gasteiger partial charge in [0.15, 0.2) is 0 Å². The first-order valence-corrected chi connectivity index (χ1v) is 3.62. The van der Waals surface area contributed by atoms with E-state index in [0.29, 0.717) is 0 Å². The number of carbonyl (C=O) groups excluding carboxylic acids is 1. The molecule has 14 heavy (non-hydrogen) atoms. The van der Waals surface area contributed by atoms with Gasteiger partial charge in [0.1, 0.15) is 11.3 Å². The van der Waals surface area contributed by atoms with E-state index in [2.05, 4.69) is 4.74 Å². The van der Waals surface area contributed by atoms with E-state index in [1.807, 2.05) is 0 Å². The maximum Gasteiger partial charge on any atom is 2.00 e. The number of rotatable bonds is 2. The molecule has 0 aliphatic heterocycles. The number of para-hydroxylation sites is 1. The molecule has 5 heteroatoms. The molecule has 0 aliphatic rings. The fourth-order valence-corrected chi connectivity index (χ4v) is 0.887. The van der Waals surface area contributed by atoms with E-state index in [0.717, 1.165) is 0 Å². The number of carboxylic acids is 1. The topological polar surface area (TPSA) is 63.6 Å². The Morgan fingerprint density at radius 2 is 1.93 bits per heavy atom. The van der Waals surface area contributed by atoms with Crippen LogP contribution in [-0.4, -0.2) is 65.9 Å². The average molecular weight is 320 g/mol. The summed E-state index contributed by atoms with van der Waals surface area (Å²) in [5.41, 5.74) is -0.0160. The average Bonchev–Trinajstić information content (AvgIpc) is 2.03. The van der Waals surface area contributed by atoms with Crippen molar-refractivity contribution in [3.05, 3.63) is 29.8 Å². The van der Waals surface area contributed by atoms with Gasteiger partial charge in [0.25, 0.3) is 0 Å². The third kappa shape index (κ3) is 3.85. The van der Waals surface area contributed by atoms with Crippen molar-refractivity contribution >= 4 is 60.8 Å². The number of esters is 1. The molecule has 0 unspecified atom stereocenters. The van der Waals surface area contributed by atoms with Gasteiger partial charge in [-0.15, -0.1) is 0 Å². The maximum atomic E-state index is 10.6. The Kier molecular flexibility index (Phi) is 6.14. The molecule has 1 aromatic rings. The second-order valence-corrected chi connectivity index (χ2v) is 2.39. The van der Waals surface area contributed by atoms with Gasteiger partial charge < -0.3 is 12.7 Å². The number of ether oxygens (including phenoxy) is 1. The normalized spacial score (nSPS) is 8.64. The largest absolute Gasteiger partial charge is 2.00 e. The van der Waals surface area contributed by atoms with Gasteiger partial charge in [-0.1, -0.05) is 12.1 Å². The Morgan fingerprint density at radius 3 is 2.43 bits per heavy atom. The van der Waals surface area contributed by atoms with Crippen LogP contribution in [0.1, 0.15) is 20.1 Å². The van der Waals surface area contributed by atoms with E-state index in [-0.39, 0.29) is 63.0 Å². The summed E-state index contributed by atoms with van der Waals surface area (Å²) >= 11 is 0. The van der Waals surface area contributed by atoms with Crippen molar-refractivity contribution in [1.29, 1.82) is 0 Å². The minimum absolute atomic E-state index is 0. The van der Waals surface area contributed by atoms with Crippen LogP contribution in [0.3, 0.4) is 0 Å². The first-order valence-electron chi connectivity index (χ1n) is 3.62. The fraction of sp³-hybridized carbons (Fsp3) is 0.111. The SMILES string of the molecule is CC(=O)Oc1ccccc1C(=O)O.[Ba+2].[H-].[H-]. The van der Waals surface area contributed by atoms with Crippen molar-refractivity contribution < 1.29 is 22.3 Å². The van der Waals surface area contributed by atoms with Crippen LogP contribution in [0.5, 0.6) is 5.75 Å². The monoisotopic (exact) mass is 320 g/mol. The molecule has 0 radical (unpaired) electrons. The molecule has 4 nitrogen and oxygen atoms in total. The third-order valence-electron chi connectivity index (χ3n) is 1.37. The molecule has 1 rings (SSSR count). The zero-order valence-electron chi connectivity index (χ0n) is 9.69. The van der Waals surface area contributed by atoms with Crippen molar-refractivity contribution in [2.45, 2.75) is 6.92 Å². The first-order chi connectivity index (χ1) is 6.11. The number of carbonyl (C=O) groups is 2. The Bertz CT molecular complexity index is 357. The zero-order valence-corrected chi connectivity index (χ0v) is 12.1. The maximum absolute atomic E-state index is 10.6. The minimum Gasteiger partial charge on any atom is -1.00 e. The van der Waals surface area contributed by atoms with Crippen LogP contribution in [0, 0.1) is 0 Å². The van der Waals surface area contributed by atoms with E-state index in [1.54, 1.807) is 12.1 Å². The summed E-state index contributed by atoms with van der Waals surface area (Å²) in [5, 5.41) is 8.69. The van der Waals surface area contributed by atoms with E-state index >= 15 is 0 Å². The van der Waals surface area contributed by atoms with Crippen LogP contribution in [0.25, 0.3) is 0 Å². The van der Waals surface area contributed by atoms with Gasteiger partial charge in [0.05, 0.1) is 0 Å². The van der Waals surface area contributed by atoms with Crippen molar-refractivity contribution in [2.75, 3.05) is 0 Å². The van der Waals surface area contributed by atoms with Crippen LogP contribution in [0.4, 0.5) is 0 Å². The molecule has 1 aromatic carbocycles. The summed E-state index contributed by atoms with van der Waals surface area (Å²) in [6.07, 6.45) is 0. The van der Waals surface area contributed by atoms with Crippen LogP contribution < -0.4 is 4.74 Å². The van der Waals surface area contributed by atoms with Gasteiger partial charge in [-0.05, 0) is 12.1 Å². The third-order valence-corrected chi connectivity index (χ3v) is 1.37. The zero-order chi connectivity index (χ0) is 9.84. The predicted octanol–water partition coefficient (Wildman–Crippen LogP) is 1.15. The number of hydrogen-bond donors (Lipinski definition) is 1. The van der Waals surface area contributed by atoms with Gasteiger partial charge in [0, 0.05) is 6.92 Å². The minimum atomic E-state index is -1.11. The van der Waals surface area contributed by atoms with Gasteiger partial charge in [0.2, 0.25) is 0 Å². The molecule has 1 N–H and O–H groups in total. The van der Waals surface area contributed by atoms with E-state index < -0.39 is 11.9 Å². The molecular formula is C9H10BaO4. The Labute approximate surface area is 124 Å². The number of hydrogen-bond acceptors (Lipinski definition) is 3. The Balaban J connectivity index is -0.000000563. The van der Waals surface area contributed by atoms with Crippen molar-refractivity contribution in [1.82, 2.24) is 0 Å². The molecule has 0 atom stereocenters. The number of benzene rings is 1. The van der Waals surface area contributed by atoms with Gasteiger partial charge in [-0.25, -0.2) is 4.79 Å². The predicted molar refractivity (Wildman–Crippen MR) is 52.7 cm³/mol. The van der Waals surface area contributed by atoms with Crippen LogP contribution >= 0.6 is 0 Å². The molecular weight excluding hydrogens is 309 g/mol. The molecule has 0 heterocycles. The van der Waals surface area contributed by atoms with Gasteiger partial charge >= 0.3 is 60.8 Å².